The second-order valence-electron chi connectivity index (χ2n) is 29.4. The number of carbonyl (C=O) groups excluding carboxylic acids is 14. The number of guanidine groups is 2. The third kappa shape index (κ3) is 31.4. The summed E-state index contributed by atoms with van der Waals surface area (Å²) in [5.41, 5.74) is 34.3. The lowest BCUT2D eigenvalue weighted by Gasteiger charge is -2.32. The second-order valence-corrected chi connectivity index (χ2v) is 29.4. The van der Waals surface area contributed by atoms with Crippen molar-refractivity contribution >= 4 is 107 Å². The Balaban J connectivity index is 1.61. The summed E-state index contributed by atoms with van der Waals surface area (Å²) in [5.74, 6) is -16.2. The van der Waals surface area contributed by atoms with Gasteiger partial charge in [0, 0.05) is 45.4 Å². The molecular weight excluding hydrogens is 1460 g/mol. The van der Waals surface area contributed by atoms with E-state index in [1.165, 1.54) is 41.0 Å². The van der Waals surface area contributed by atoms with Crippen molar-refractivity contribution in [2.24, 2.45) is 62.1 Å². The molecule has 14 atom stereocenters. The zero-order chi connectivity index (χ0) is 83.6. The van der Waals surface area contributed by atoms with Crippen molar-refractivity contribution < 1.29 is 92.0 Å². The highest BCUT2D eigenvalue weighted by Gasteiger charge is 2.44. The van der Waals surface area contributed by atoms with E-state index in [1.807, 2.05) is 0 Å². The minimum Gasteiger partial charge on any atom is -0.508 e. The summed E-state index contributed by atoms with van der Waals surface area (Å²) in [6.07, 6.45) is -0.858. The number of amides is 14. The van der Waals surface area contributed by atoms with Crippen LogP contribution in [0.2, 0.25) is 0 Å². The Hall–Kier alpha value is -11.0. The fraction of sp³-hybridized carbons (Fsp3) is 0.667. The van der Waals surface area contributed by atoms with Crippen molar-refractivity contribution in [3.05, 3.63) is 29.8 Å². The SMILES string of the molecule is CC[C@H](C)[C@H](NC(=O)[C@H](C)NC(=O)[C@@H]1CCCN1C(=O)[C@H](CCCN=C(N)N)NC(=O)[C@H](CCCN=C(N)N)NC(=O)[C@@H]1CCCN1C(=O)[C@H](CCCCN)NC(=O)[C@H](CC(N)=O)NC(=O)[C@H](CCC(=O)O)NC(=O)[C@H](Cc1ccc(O)cc1)NC(=O)[C@H](CC(C)C)NC(=O)[C@@H]1CCC(=O)N1)C(=O)N[C@@H](CC(C)C)C(=O)O. The Morgan fingerprint density at radius 1 is 0.518 bits per heavy atom. The number of carboxylic acids is 2. The summed E-state index contributed by atoms with van der Waals surface area (Å²) in [5, 5.41) is 58.0. The minimum absolute atomic E-state index is 0.0126. The number of phenols is 1. The van der Waals surface area contributed by atoms with E-state index in [9.17, 15) is 92.0 Å². The van der Waals surface area contributed by atoms with Gasteiger partial charge in [-0.1, -0.05) is 60.1 Å². The number of unbranched alkanes of at least 4 members (excludes halogenated alkanes) is 1. The van der Waals surface area contributed by atoms with Crippen LogP contribution < -0.4 is 92.9 Å². The van der Waals surface area contributed by atoms with Crippen LogP contribution in [-0.4, -0.2) is 243 Å². The van der Waals surface area contributed by atoms with E-state index in [-0.39, 0.29) is 158 Å². The molecule has 3 aliphatic rings. The van der Waals surface area contributed by atoms with Crippen molar-refractivity contribution in [1.29, 1.82) is 0 Å². The summed E-state index contributed by atoms with van der Waals surface area (Å²) in [6, 6.07) is -12.6. The number of carbonyl (C=O) groups is 16. The number of carboxylic acid groups (broad SMARTS) is 2. The summed E-state index contributed by atoms with van der Waals surface area (Å²) in [4.78, 5) is 231. The van der Waals surface area contributed by atoms with Crippen LogP contribution in [-0.2, 0) is 83.1 Å². The van der Waals surface area contributed by atoms with Crippen LogP contribution in [0.15, 0.2) is 34.3 Å². The first kappa shape index (κ1) is 93.4. The molecule has 0 radical (unpaired) electrons. The monoisotopic (exact) mass is 1580 g/mol. The van der Waals surface area contributed by atoms with Crippen molar-refractivity contribution in [2.75, 3.05) is 32.7 Å². The number of aliphatic carboxylic acids is 2. The molecule has 3 aliphatic heterocycles. The average molecular weight is 1580 g/mol. The van der Waals surface area contributed by atoms with Crippen LogP contribution in [0.1, 0.15) is 176 Å². The Bertz CT molecular complexity index is 3520. The van der Waals surface area contributed by atoms with Gasteiger partial charge in [-0.2, -0.15) is 0 Å². The third-order valence-electron chi connectivity index (χ3n) is 19.2. The van der Waals surface area contributed by atoms with Crippen LogP contribution in [0.25, 0.3) is 0 Å². The van der Waals surface area contributed by atoms with Crippen molar-refractivity contribution in [3.63, 3.8) is 0 Å². The molecule has 112 heavy (non-hydrogen) atoms. The molecule has 1 aromatic carbocycles. The first-order chi connectivity index (χ1) is 52.8. The largest absolute Gasteiger partial charge is 0.508 e. The number of nitrogens with zero attached hydrogens (tertiary/aromatic N) is 4. The molecule has 0 bridgehead atoms. The Labute approximate surface area is 650 Å². The van der Waals surface area contributed by atoms with E-state index in [0.717, 1.165) is 0 Å². The number of primary amides is 1. The van der Waals surface area contributed by atoms with E-state index in [0.29, 0.717) is 24.8 Å². The summed E-state index contributed by atoms with van der Waals surface area (Å²) in [7, 11) is 0. The van der Waals surface area contributed by atoms with Crippen molar-refractivity contribution in [3.8, 4) is 5.75 Å². The molecule has 40 nitrogen and oxygen atoms in total. The fourth-order valence-corrected chi connectivity index (χ4v) is 13.0. The van der Waals surface area contributed by atoms with E-state index in [2.05, 4.69) is 68.5 Å². The van der Waals surface area contributed by atoms with Crippen molar-refractivity contribution in [2.45, 2.75) is 255 Å². The molecule has 4 rings (SSSR count). The van der Waals surface area contributed by atoms with Crippen LogP contribution in [0.5, 0.6) is 5.75 Å². The molecule has 0 aromatic heterocycles. The number of hydrogen-bond donors (Lipinski definition) is 20. The third-order valence-corrected chi connectivity index (χ3v) is 19.2. The van der Waals surface area contributed by atoms with Gasteiger partial charge >= 0.3 is 11.9 Å². The molecule has 0 spiro atoms. The van der Waals surface area contributed by atoms with E-state index < -0.39 is 192 Å². The highest BCUT2D eigenvalue weighted by Crippen LogP contribution is 2.24. The van der Waals surface area contributed by atoms with Crippen molar-refractivity contribution in [1.82, 2.24) is 68.3 Å². The molecule has 3 fully saturated rings. The quantitative estimate of drug-likeness (QED) is 0.0166. The van der Waals surface area contributed by atoms with Gasteiger partial charge in [0.15, 0.2) is 11.9 Å². The van der Waals surface area contributed by atoms with Gasteiger partial charge in [-0.25, -0.2) is 4.79 Å². The maximum atomic E-state index is 15.0. The van der Waals surface area contributed by atoms with E-state index in [4.69, 9.17) is 34.4 Å². The van der Waals surface area contributed by atoms with E-state index in [1.54, 1.807) is 41.5 Å². The average Bonchev–Trinajstić information content (AvgIpc) is 1.64. The number of nitrogens with two attached hydrogens (primary N) is 6. The van der Waals surface area contributed by atoms with Crippen LogP contribution in [0.4, 0.5) is 0 Å². The highest BCUT2D eigenvalue weighted by atomic mass is 16.4. The fourth-order valence-electron chi connectivity index (χ4n) is 13.0. The zero-order valence-electron chi connectivity index (χ0n) is 64.9. The Morgan fingerprint density at radius 3 is 1.46 bits per heavy atom. The molecule has 40 heteroatoms. The molecule has 0 aliphatic carbocycles. The van der Waals surface area contributed by atoms with Gasteiger partial charge in [0.05, 0.1) is 6.42 Å². The number of hydrogen-bond acceptors (Lipinski definition) is 20. The molecule has 3 saturated heterocycles. The molecule has 0 saturated carbocycles. The van der Waals surface area contributed by atoms with Crippen LogP contribution in [0, 0.1) is 17.8 Å². The standard InChI is InChI=1S/C72H117N21O19/c1-8-39(6)57(67(108)90-51(70(111)112)34-38(4)5)91-58(99)40(7)81-65(106)52-18-13-31-92(52)69(110)47(17-12-30-80-72(77)78)85-59(100)43(16-11-29-79-71(75)76)84-66(107)53-19-14-32-93(53)68(109)46(15-9-10-28-73)86-64(105)50(36-54(74)95)89-61(102)45(25-27-56(97)98)83-63(104)49(35-41-20-22-42(94)23-21-41)88-62(103)48(33-37(2)3)87-60(101)44-24-26-55(96)82-44/h20-23,37-40,43-53,57,94H,8-19,24-36,73H2,1-7H3,(H2,74,95)(H,81,106)(H,82,96)(H,83,104)(H,84,107)(H,85,100)(H,86,105)(H,87,101)(H,88,103)(H,89,102)(H,90,108)(H,91,99)(H,97,98)(H,111,112)(H4,75,76,79)(H4,77,78,80)/t39-,40-,43-,44-,45-,46-,47-,48-,49-,50-,51-,52-,53-,57-/m0/s1. The predicted molar refractivity (Wildman–Crippen MR) is 407 cm³/mol. The summed E-state index contributed by atoms with van der Waals surface area (Å²) >= 11 is 0. The van der Waals surface area contributed by atoms with Gasteiger partial charge in [0.1, 0.15) is 84.3 Å². The molecule has 0 unspecified atom stereocenters. The highest BCUT2D eigenvalue weighted by molar-refractivity contribution is 6.01. The smallest absolute Gasteiger partial charge is 0.326 e. The predicted octanol–water partition coefficient (Wildman–Crippen LogP) is -4.74. The minimum atomic E-state index is -1.92. The number of aliphatic imine (C=N–C) groups is 2. The van der Waals surface area contributed by atoms with Gasteiger partial charge in [-0.05, 0) is 145 Å². The number of benzene rings is 1. The maximum absolute atomic E-state index is 15.0. The lowest BCUT2D eigenvalue weighted by atomic mass is 9.96. The number of rotatable bonds is 48. The Kier molecular flexibility index (Phi) is 38.9. The lowest BCUT2D eigenvalue weighted by molar-refractivity contribution is -0.144. The first-order valence-electron chi connectivity index (χ1n) is 38.1. The molecule has 3 heterocycles. The van der Waals surface area contributed by atoms with Gasteiger partial charge < -0.3 is 118 Å². The normalized spacial score (nSPS) is 18.2. The first-order valence-corrected chi connectivity index (χ1v) is 38.1. The molecule has 624 valence electrons. The summed E-state index contributed by atoms with van der Waals surface area (Å²) in [6.45, 7) is 12.0. The van der Waals surface area contributed by atoms with Crippen LogP contribution in [0.3, 0.4) is 0 Å². The topological polar surface area (TPSA) is 653 Å². The number of aromatic hydroxyl groups is 1. The number of likely N-dealkylation sites (tertiary alicyclic amines) is 2. The Morgan fingerprint density at radius 2 is 0.973 bits per heavy atom. The zero-order valence-corrected chi connectivity index (χ0v) is 64.9. The van der Waals surface area contributed by atoms with E-state index >= 15 is 0 Å². The number of phenolic OH excluding ortho intramolecular Hbond substituents is 1. The van der Waals surface area contributed by atoms with Gasteiger partial charge in [0.2, 0.25) is 82.7 Å². The maximum Gasteiger partial charge on any atom is 0.326 e. The van der Waals surface area contributed by atoms with Gasteiger partial charge in [0.25, 0.3) is 0 Å². The van der Waals surface area contributed by atoms with Crippen LogP contribution >= 0.6 is 0 Å². The summed E-state index contributed by atoms with van der Waals surface area (Å²) < 4.78 is 0. The van der Waals surface area contributed by atoms with Gasteiger partial charge in [-0.15, -0.1) is 0 Å². The molecule has 14 amide bonds. The number of nitrogens with one attached hydrogen (secondary N) is 11. The van der Waals surface area contributed by atoms with Gasteiger partial charge in [-0.3, -0.25) is 81.9 Å². The molecule has 26 N–H and O–H groups in total. The molecular formula is C72H117N21O19. The second kappa shape index (κ2) is 46.6. The lowest BCUT2D eigenvalue weighted by Crippen LogP contribution is -2.61. The molecule has 1 aromatic rings.